The molecular weight excluding hydrogens is 124 g/mol. The van der Waals surface area contributed by atoms with Gasteiger partial charge in [-0.1, -0.05) is 0 Å². The number of carbonyl (C=O) groups is 1. The van der Waals surface area contributed by atoms with Crippen molar-refractivity contribution in [3.8, 4) is 0 Å². The predicted octanol–water partition coefficient (Wildman–Crippen LogP) is -0.347. The molecule has 0 bridgehead atoms. The highest BCUT2D eigenvalue weighted by Crippen LogP contribution is 1.65. The number of hydrogen-bond acceptors (Lipinski definition) is 2. The zero-order valence-corrected chi connectivity index (χ0v) is 5.88. The number of hydrogen-bond donors (Lipinski definition) is 2. The Morgan fingerprint density at radius 3 is 1.44 bits per heavy atom. The molecule has 0 aliphatic heterocycles. The minimum absolute atomic E-state index is 0. The molecule has 0 aliphatic rings. The Bertz CT molecular complexity index is 53.2. The molecule has 0 aliphatic carbocycles. The highest BCUT2D eigenvalue weighted by molar-refractivity contribution is 5.62. The van der Waals surface area contributed by atoms with E-state index in [2.05, 4.69) is 0 Å². The molecule has 0 spiro atoms. The van der Waals surface area contributed by atoms with Crippen molar-refractivity contribution in [2.75, 3.05) is 0 Å². The molecule has 0 radical (unpaired) electrons. The summed E-state index contributed by atoms with van der Waals surface area (Å²) in [7, 11) is 0. The summed E-state index contributed by atoms with van der Waals surface area (Å²) < 4.78 is 0. The van der Waals surface area contributed by atoms with Gasteiger partial charge in [-0.25, -0.2) is 0 Å². The monoisotopic (exact) mass is 138 g/mol. The quantitative estimate of drug-likeness (QED) is 0.479. The number of aliphatic carboxylic acids is 1. The van der Waals surface area contributed by atoms with Gasteiger partial charge in [0.1, 0.15) is 0 Å². The van der Waals surface area contributed by atoms with Gasteiger partial charge in [0.15, 0.2) is 0 Å². The summed E-state index contributed by atoms with van der Waals surface area (Å²) in [5, 5.41) is 15.5. The zero-order valence-electron chi connectivity index (χ0n) is 5.88. The molecule has 9 heavy (non-hydrogen) atoms. The van der Waals surface area contributed by atoms with Crippen LogP contribution in [0.15, 0.2) is 0 Å². The van der Waals surface area contributed by atoms with Gasteiger partial charge in [-0.3, -0.25) is 4.79 Å². The van der Waals surface area contributed by atoms with E-state index in [1.165, 1.54) is 0 Å². The second-order valence-corrected chi connectivity index (χ2v) is 1.61. The average molecular weight is 138 g/mol. The molecule has 4 heteroatoms. The molecule has 0 aromatic heterocycles. The Labute approximate surface area is 54.4 Å². The van der Waals surface area contributed by atoms with Crippen LogP contribution in [0.25, 0.3) is 0 Å². The first kappa shape index (κ1) is 15.8. The second-order valence-electron chi connectivity index (χ2n) is 1.61. The van der Waals surface area contributed by atoms with Gasteiger partial charge in [-0.05, 0) is 13.8 Å². The van der Waals surface area contributed by atoms with Crippen LogP contribution in [0.4, 0.5) is 0 Å². The molecule has 58 valence electrons. The number of aliphatic hydroxyl groups excluding tert-OH is 1. The van der Waals surface area contributed by atoms with Crippen molar-refractivity contribution in [1.29, 1.82) is 0 Å². The van der Waals surface area contributed by atoms with E-state index in [1.807, 2.05) is 0 Å². The lowest BCUT2D eigenvalue weighted by molar-refractivity contribution is -0.134. The summed E-state index contributed by atoms with van der Waals surface area (Å²) in [5.74, 6) is -0.833. The third kappa shape index (κ3) is 577. The zero-order chi connectivity index (χ0) is 7.15. The Hall–Kier alpha value is -0.610. The molecule has 0 saturated carbocycles. The first-order valence-corrected chi connectivity index (χ1v) is 2.34. The second kappa shape index (κ2) is 10.4. The van der Waals surface area contributed by atoms with Gasteiger partial charge in [0.2, 0.25) is 0 Å². The highest BCUT2D eigenvalue weighted by atomic mass is 16.4. The average Bonchev–Trinajstić information content (AvgIpc) is 1.25. The van der Waals surface area contributed by atoms with E-state index in [1.54, 1.807) is 13.8 Å². The normalized spacial score (nSPS) is 6.78. The van der Waals surface area contributed by atoms with Gasteiger partial charge in [0, 0.05) is 13.0 Å². The van der Waals surface area contributed by atoms with Crippen molar-refractivity contribution in [3.05, 3.63) is 0 Å². The van der Waals surface area contributed by atoms with Crippen LogP contribution in [0.3, 0.4) is 0 Å². The van der Waals surface area contributed by atoms with Crippen LogP contribution < -0.4 is 0 Å². The summed E-state index contributed by atoms with van der Waals surface area (Å²) in [6.07, 6.45) is -0.167. The van der Waals surface area contributed by atoms with Crippen LogP contribution >= 0.6 is 0 Å². The minimum atomic E-state index is -0.833. The smallest absolute Gasteiger partial charge is 0.300 e. The van der Waals surface area contributed by atoms with Crippen molar-refractivity contribution in [3.63, 3.8) is 0 Å². The van der Waals surface area contributed by atoms with Gasteiger partial charge in [-0.15, -0.1) is 0 Å². The van der Waals surface area contributed by atoms with E-state index < -0.39 is 5.97 Å². The molecule has 4 N–H and O–H groups in total. The fraction of sp³-hybridized carbons (Fsp3) is 0.800. The lowest BCUT2D eigenvalue weighted by Crippen LogP contribution is -1.85. The summed E-state index contributed by atoms with van der Waals surface area (Å²) in [4.78, 5) is 9.00. The van der Waals surface area contributed by atoms with Gasteiger partial charge >= 0.3 is 0 Å². The maximum absolute atomic E-state index is 9.00. The molecule has 4 nitrogen and oxygen atoms in total. The third-order valence-corrected chi connectivity index (χ3v) is 0. The molecular formula is C5H14O4. The van der Waals surface area contributed by atoms with Crippen LogP contribution in [0.1, 0.15) is 20.8 Å². The van der Waals surface area contributed by atoms with Crippen molar-refractivity contribution in [2.45, 2.75) is 26.9 Å². The fourth-order valence-electron chi connectivity index (χ4n) is 0. The van der Waals surface area contributed by atoms with E-state index in [9.17, 15) is 0 Å². The molecule has 0 rings (SSSR count). The number of carboxylic acid groups (broad SMARTS) is 1. The largest absolute Gasteiger partial charge is 0.481 e. The first-order valence-electron chi connectivity index (χ1n) is 2.34. The number of carboxylic acids is 1. The van der Waals surface area contributed by atoms with Crippen LogP contribution in [-0.2, 0) is 4.79 Å². The Morgan fingerprint density at radius 2 is 1.44 bits per heavy atom. The van der Waals surface area contributed by atoms with E-state index >= 15 is 0 Å². The SMILES string of the molecule is CC(=O)O.CC(C)O.O. The van der Waals surface area contributed by atoms with E-state index in [4.69, 9.17) is 15.0 Å². The topological polar surface area (TPSA) is 89.0 Å². The predicted molar refractivity (Wildman–Crippen MR) is 34.3 cm³/mol. The third-order valence-electron chi connectivity index (χ3n) is 0. The fourth-order valence-corrected chi connectivity index (χ4v) is 0. The van der Waals surface area contributed by atoms with Crippen molar-refractivity contribution < 1.29 is 20.5 Å². The van der Waals surface area contributed by atoms with Gasteiger partial charge in [0.05, 0.1) is 0 Å². The Kier molecular flexibility index (Phi) is 18.2. The van der Waals surface area contributed by atoms with E-state index in [0.29, 0.717) is 0 Å². The van der Waals surface area contributed by atoms with Crippen molar-refractivity contribution >= 4 is 5.97 Å². The van der Waals surface area contributed by atoms with Gasteiger partial charge in [-0.2, -0.15) is 0 Å². The first-order chi connectivity index (χ1) is 3.46. The molecule has 0 heterocycles. The summed E-state index contributed by atoms with van der Waals surface area (Å²) >= 11 is 0. The van der Waals surface area contributed by atoms with Crippen molar-refractivity contribution in [1.82, 2.24) is 0 Å². The minimum Gasteiger partial charge on any atom is -0.481 e. The highest BCUT2D eigenvalue weighted by Gasteiger charge is 1.69. The molecule has 0 saturated heterocycles. The van der Waals surface area contributed by atoms with Crippen LogP contribution in [-0.4, -0.2) is 27.8 Å². The molecule has 0 aromatic carbocycles. The molecule has 0 unspecified atom stereocenters. The standard InChI is InChI=1S/C3H8O.C2H4O2.H2O/c1-3(2)4;1-2(3)4;/h3-4H,1-2H3;1H3,(H,3,4);1H2. The molecule has 0 amide bonds. The Balaban J connectivity index is -0.0000000720. The van der Waals surface area contributed by atoms with Crippen LogP contribution in [0.2, 0.25) is 0 Å². The molecule has 0 fully saturated rings. The van der Waals surface area contributed by atoms with Gasteiger partial charge in [0.25, 0.3) is 5.97 Å². The number of rotatable bonds is 0. The van der Waals surface area contributed by atoms with Crippen molar-refractivity contribution in [2.24, 2.45) is 0 Å². The summed E-state index contributed by atoms with van der Waals surface area (Å²) in [6.45, 7) is 4.53. The summed E-state index contributed by atoms with van der Waals surface area (Å²) in [5.41, 5.74) is 0. The van der Waals surface area contributed by atoms with Gasteiger partial charge < -0.3 is 15.7 Å². The van der Waals surface area contributed by atoms with E-state index in [0.717, 1.165) is 6.92 Å². The molecule has 0 aromatic rings. The lowest BCUT2D eigenvalue weighted by atomic mass is 10.5. The van der Waals surface area contributed by atoms with E-state index in [-0.39, 0.29) is 11.6 Å². The maximum atomic E-state index is 9.00. The summed E-state index contributed by atoms with van der Waals surface area (Å²) in [6, 6.07) is 0. The number of aliphatic hydroxyl groups is 1. The van der Waals surface area contributed by atoms with Crippen LogP contribution in [0.5, 0.6) is 0 Å². The Morgan fingerprint density at radius 1 is 1.44 bits per heavy atom. The van der Waals surface area contributed by atoms with Crippen LogP contribution in [0, 0.1) is 0 Å². The lowest BCUT2D eigenvalue weighted by Gasteiger charge is -1.80. The molecule has 0 atom stereocenters. The maximum Gasteiger partial charge on any atom is 0.300 e.